The number of hydrogen-bond donors (Lipinski definition) is 2. The van der Waals surface area contributed by atoms with E-state index in [1.165, 1.54) is 28.9 Å². The number of fused-ring (bicyclic) bond motifs is 1. The lowest BCUT2D eigenvalue weighted by Crippen LogP contribution is -2.49. The molecule has 0 atom stereocenters. The van der Waals surface area contributed by atoms with Crippen LogP contribution in [0.5, 0.6) is 0 Å². The van der Waals surface area contributed by atoms with E-state index < -0.39 is 11.9 Å². The van der Waals surface area contributed by atoms with Gasteiger partial charge in [0.25, 0.3) is 5.91 Å². The van der Waals surface area contributed by atoms with Crippen LogP contribution in [0.15, 0.2) is 60.9 Å². The molecule has 5 aromatic rings. The number of amides is 2. The number of aryl methyl sites for hydroxylation is 1. The quantitative estimate of drug-likeness (QED) is 0.283. The summed E-state index contributed by atoms with van der Waals surface area (Å²) in [6.45, 7) is 2.72. The van der Waals surface area contributed by atoms with Crippen molar-refractivity contribution < 1.29 is 18.4 Å². The molecule has 1 fully saturated rings. The Kier molecular flexibility index (Phi) is 7.04. The molecule has 0 radical (unpaired) electrons. The highest BCUT2D eigenvalue weighted by molar-refractivity contribution is 6.03. The fourth-order valence-corrected chi connectivity index (χ4v) is 5.07. The Morgan fingerprint density at radius 1 is 1.00 bits per heavy atom. The van der Waals surface area contributed by atoms with Gasteiger partial charge in [-0.05, 0) is 42.5 Å². The highest BCUT2D eigenvalue weighted by Gasteiger charge is 2.28. The van der Waals surface area contributed by atoms with Crippen LogP contribution < -0.4 is 16.0 Å². The molecule has 1 aromatic carbocycles. The second-order valence-electron chi connectivity index (χ2n) is 9.88. The Bertz CT molecular complexity index is 1790. The van der Waals surface area contributed by atoms with Crippen LogP contribution in [-0.4, -0.2) is 78.8 Å². The number of halogens is 2. The molecule has 214 valence electrons. The summed E-state index contributed by atoms with van der Waals surface area (Å²) in [6, 6.07) is 12.1. The molecule has 1 saturated heterocycles. The van der Waals surface area contributed by atoms with Crippen LogP contribution in [-0.2, 0) is 11.8 Å². The summed E-state index contributed by atoms with van der Waals surface area (Å²) in [5, 5.41) is 12.3. The van der Waals surface area contributed by atoms with Gasteiger partial charge in [-0.15, -0.1) is 0 Å². The first-order valence-corrected chi connectivity index (χ1v) is 13.1. The van der Waals surface area contributed by atoms with E-state index in [0.717, 1.165) is 17.4 Å². The monoisotopic (exact) mass is 572 g/mol. The van der Waals surface area contributed by atoms with Gasteiger partial charge >= 0.3 is 0 Å². The summed E-state index contributed by atoms with van der Waals surface area (Å²) in [6.07, 6.45) is 2.77. The number of primary amides is 1. The van der Waals surface area contributed by atoms with Gasteiger partial charge in [0.2, 0.25) is 11.9 Å². The van der Waals surface area contributed by atoms with Crippen molar-refractivity contribution in [2.75, 3.05) is 42.9 Å². The minimum absolute atomic E-state index is 0.105. The number of piperazine rings is 1. The van der Waals surface area contributed by atoms with Crippen molar-refractivity contribution in [1.29, 1.82) is 0 Å². The summed E-state index contributed by atoms with van der Waals surface area (Å²) in [5.74, 6) is -0.981. The molecule has 42 heavy (non-hydrogen) atoms. The highest BCUT2D eigenvalue weighted by Crippen LogP contribution is 2.39. The van der Waals surface area contributed by atoms with Gasteiger partial charge in [-0.1, -0.05) is 0 Å². The maximum Gasteiger partial charge on any atom is 0.257 e. The third-order valence-electron chi connectivity index (χ3n) is 6.99. The maximum absolute atomic E-state index is 13.8. The lowest BCUT2D eigenvalue weighted by Gasteiger charge is -2.35. The van der Waals surface area contributed by atoms with Gasteiger partial charge in [-0.25, -0.2) is 18.9 Å². The van der Waals surface area contributed by atoms with Crippen molar-refractivity contribution >= 4 is 29.1 Å². The predicted octanol–water partition coefficient (Wildman–Crippen LogP) is 2.33. The van der Waals surface area contributed by atoms with Gasteiger partial charge in [0.05, 0.1) is 24.0 Å². The molecule has 0 bridgehead atoms. The molecule has 4 aromatic heterocycles. The largest absolute Gasteiger partial charge is 0.369 e. The van der Waals surface area contributed by atoms with Gasteiger partial charge < -0.3 is 16.0 Å². The van der Waals surface area contributed by atoms with Crippen molar-refractivity contribution in [3.8, 4) is 22.5 Å². The standard InChI is InChI=1S/C28H26F2N10O2/c1-37-28(39-12-10-38(11-13-39)15-22(31)41)25(26(36-37)17-2-4-19(29)5-3-17)20-6-7-24-33-23(16-40(24)35-20)34-27(42)18-8-9-32-21(30)14-18/h2-9,14,16H,10-13,15H2,1H3,(H2,31,41)(H,34,42). The molecule has 0 spiro atoms. The van der Waals surface area contributed by atoms with E-state index in [9.17, 15) is 18.4 Å². The number of hydrogen-bond acceptors (Lipinski definition) is 8. The molecule has 1 aliphatic heterocycles. The highest BCUT2D eigenvalue weighted by atomic mass is 19.1. The fourth-order valence-electron chi connectivity index (χ4n) is 5.07. The van der Waals surface area contributed by atoms with Crippen LogP contribution in [0.3, 0.4) is 0 Å². The average Bonchev–Trinajstić information content (AvgIpc) is 3.53. The van der Waals surface area contributed by atoms with Crippen LogP contribution >= 0.6 is 0 Å². The number of aromatic nitrogens is 6. The van der Waals surface area contributed by atoms with E-state index in [4.69, 9.17) is 15.9 Å². The summed E-state index contributed by atoms with van der Waals surface area (Å²) in [4.78, 5) is 36.1. The number of pyridine rings is 1. The molecule has 2 amide bonds. The molecule has 14 heteroatoms. The molecular formula is C28H26F2N10O2. The lowest BCUT2D eigenvalue weighted by molar-refractivity contribution is -0.119. The number of nitrogens with two attached hydrogens (primary N) is 1. The van der Waals surface area contributed by atoms with Gasteiger partial charge in [0, 0.05) is 56.6 Å². The molecule has 3 N–H and O–H groups in total. The van der Waals surface area contributed by atoms with Gasteiger partial charge in [-0.2, -0.15) is 14.6 Å². The van der Waals surface area contributed by atoms with Crippen molar-refractivity contribution in [3.05, 3.63) is 78.3 Å². The third kappa shape index (κ3) is 5.39. The topological polar surface area (TPSA) is 140 Å². The SMILES string of the molecule is Cn1nc(-c2ccc(F)cc2)c(-c2ccc3nc(NC(=O)c4ccnc(F)c4)cn3n2)c1N1CCN(CC(N)=O)CC1. The van der Waals surface area contributed by atoms with Crippen LogP contribution in [0.25, 0.3) is 28.2 Å². The van der Waals surface area contributed by atoms with Crippen molar-refractivity contribution in [1.82, 2.24) is 34.3 Å². The summed E-state index contributed by atoms with van der Waals surface area (Å²) in [7, 11) is 1.84. The van der Waals surface area contributed by atoms with Crippen molar-refractivity contribution in [2.24, 2.45) is 12.8 Å². The third-order valence-corrected chi connectivity index (χ3v) is 6.99. The molecule has 0 aliphatic carbocycles. The number of carbonyl (C=O) groups excluding carboxylic acids is 2. The number of benzene rings is 1. The van der Waals surface area contributed by atoms with E-state index in [1.54, 1.807) is 29.1 Å². The van der Waals surface area contributed by atoms with Crippen LogP contribution in [0, 0.1) is 11.8 Å². The van der Waals surface area contributed by atoms with Gasteiger partial charge in [0.15, 0.2) is 11.5 Å². The van der Waals surface area contributed by atoms with Gasteiger partial charge in [0.1, 0.15) is 17.3 Å². The molecule has 5 heterocycles. The van der Waals surface area contributed by atoms with Crippen molar-refractivity contribution in [3.63, 3.8) is 0 Å². The lowest BCUT2D eigenvalue weighted by atomic mass is 10.0. The normalized spacial score (nSPS) is 13.9. The molecular weight excluding hydrogens is 546 g/mol. The zero-order valence-electron chi connectivity index (χ0n) is 22.5. The molecule has 0 unspecified atom stereocenters. The second-order valence-corrected chi connectivity index (χ2v) is 9.88. The first kappa shape index (κ1) is 27.0. The Balaban J connectivity index is 1.37. The fraction of sp³-hybridized carbons (Fsp3) is 0.214. The average molecular weight is 573 g/mol. The number of imidazole rings is 1. The summed E-state index contributed by atoms with van der Waals surface area (Å²) >= 11 is 0. The minimum Gasteiger partial charge on any atom is -0.369 e. The van der Waals surface area contributed by atoms with E-state index in [2.05, 4.69) is 20.2 Å². The zero-order valence-corrected chi connectivity index (χ0v) is 22.5. The molecule has 1 aliphatic rings. The molecule has 6 rings (SSSR count). The summed E-state index contributed by atoms with van der Waals surface area (Å²) < 4.78 is 30.6. The van der Waals surface area contributed by atoms with Crippen molar-refractivity contribution in [2.45, 2.75) is 0 Å². The van der Waals surface area contributed by atoms with E-state index in [-0.39, 0.29) is 29.7 Å². The number of carbonyl (C=O) groups is 2. The Morgan fingerprint density at radius 3 is 2.48 bits per heavy atom. The number of rotatable bonds is 7. The number of nitrogens with one attached hydrogen (secondary N) is 1. The molecule has 12 nitrogen and oxygen atoms in total. The number of nitrogens with zero attached hydrogens (tertiary/aromatic N) is 8. The van der Waals surface area contributed by atoms with E-state index in [0.29, 0.717) is 48.8 Å². The van der Waals surface area contributed by atoms with E-state index >= 15 is 0 Å². The Morgan fingerprint density at radius 2 is 1.76 bits per heavy atom. The maximum atomic E-state index is 13.8. The van der Waals surface area contributed by atoms with Gasteiger partial charge in [-0.3, -0.25) is 19.2 Å². The number of anilines is 2. The van der Waals surface area contributed by atoms with Crippen LogP contribution in [0.1, 0.15) is 10.4 Å². The van der Waals surface area contributed by atoms with Crippen LogP contribution in [0.2, 0.25) is 0 Å². The minimum atomic E-state index is -0.762. The smallest absolute Gasteiger partial charge is 0.257 e. The van der Waals surface area contributed by atoms with E-state index in [1.807, 2.05) is 18.0 Å². The Labute approximate surface area is 238 Å². The van der Waals surface area contributed by atoms with Crippen LogP contribution in [0.4, 0.5) is 20.4 Å². The first-order chi connectivity index (χ1) is 20.2. The predicted molar refractivity (Wildman–Crippen MR) is 151 cm³/mol. The molecule has 0 saturated carbocycles. The Hall–Kier alpha value is -5.24. The second kappa shape index (κ2) is 11.0. The zero-order chi connectivity index (χ0) is 29.4. The summed E-state index contributed by atoms with van der Waals surface area (Å²) in [5.41, 5.74) is 8.62. The first-order valence-electron chi connectivity index (χ1n) is 13.1.